The highest BCUT2D eigenvalue weighted by Crippen LogP contribution is 2.22. The third-order valence-corrected chi connectivity index (χ3v) is 2.31. The summed E-state index contributed by atoms with van der Waals surface area (Å²) in [4.78, 5) is 15.0. The summed E-state index contributed by atoms with van der Waals surface area (Å²) in [6.07, 6.45) is 0. The molecule has 0 fully saturated rings. The van der Waals surface area contributed by atoms with Crippen molar-refractivity contribution in [1.82, 2.24) is 15.2 Å². The molecule has 0 saturated heterocycles. The van der Waals surface area contributed by atoms with Crippen molar-refractivity contribution in [2.45, 2.75) is 6.92 Å². The maximum atomic E-state index is 10.9. The van der Waals surface area contributed by atoms with Crippen LogP contribution in [0.1, 0.15) is 16.1 Å². The van der Waals surface area contributed by atoms with E-state index in [-0.39, 0.29) is 5.56 Å². The van der Waals surface area contributed by atoms with Crippen LogP contribution in [0, 0.1) is 6.92 Å². The summed E-state index contributed by atoms with van der Waals surface area (Å²) < 4.78 is 0.467. The molecule has 0 bridgehead atoms. The summed E-state index contributed by atoms with van der Waals surface area (Å²) >= 11 is 3.13. The van der Waals surface area contributed by atoms with Gasteiger partial charge in [0.15, 0.2) is 5.65 Å². The van der Waals surface area contributed by atoms with E-state index in [0.29, 0.717) is 21.3 Å². The Morgan fingerprint density at radius 2 is 2.36 bits per heavy atom. The van der Waals surface area contributed by atoms with E-state index in [9.17, 15) is 4.79 Å². The zero-order chi connectivity index (χ0) is 10.3. The quantitative estimate of drug-likeness (QED) is 0.761. The monoisotopic (exact) mass is 255 g/mol. The second-order valence-electron chi connectivity index (χ2n) is 2.84. The summed E-state index contributed by atoms with van der Waals surface area (Å²) in [5.41, 5.74) is 1.32. The molecule has 2 rings (SSSR count). The number of carboxylic acid groups (broad SMARTS) is 1. The van der Waals surface area contributed by atoms with E-state index in [1.165, 1.54) is 6.07 Å². The average Bonchev–Trinajstić information content (AvgIpc) is 2.46. The Bertz CT molecular complexity index is 521. The van der Waals surface area contributed by atoms with Crippen molar-refractivity contribution in [3.05, 3.63) is 21.9 Å². The van der Waals surface area contributed by atoms with Crippen LogP contribution in [0.15, 0.2) is 10.7 Å². The smallest absolute Gasteiger partial charge is 0.336 e. The van der Waals surface area contributed by atoms with Gasteiger partial charge in [0.1, 0.15) is 4.60 Å². The second-order valence-corrected chi connectivity index (χ2v) is 3.66. The fraction of sp³-hybridized carbons (Fsp3) is 0.125. The van der Waals surface area contributed by atoms with Gasteiger partial charge in [0.25, 0.3) is 0 Å². The number of hydrogen-bond acceptors (Lipinski definition) is 3. The van der Waals surface area contributed by atoms with Crippen LogP contribution in [-0.2, 0) is 0 Å². The molecule has 2 aromatic rings. The van der Waals surface area contributed by atoms with Gasteiger partial charge in [-0.2, -0.15) is 5.10 Å². The van der Waals surface area contributed by atoms with Crippen LogP contribution in [0.4, 0.5) is 0 Å². The number of rotatable bonds is 1. The molecule has 5 nitrogen and oxygen atoms in total. The first-order valence-corrected chi connectivity index (χ1v) is 4.63. The minimum atomic E-state index is -0.984. The van der Waals surface area contributed by atoms with Crippen LogP contribution in [0.2, 0.25) is 0 Å². The Morgan fingerprint density at radius 3 is 3.00 bits per heavy atom. The average molecular weight is 256 g/mol. The van der Waals surface area contributed by atoms with Crippen molar-refractivity contribution in [2.24, 2.45) is 0 Å². The van der Waals surface area contributed by atoms with Gasteiger partial charge in [-0.3, -0.25) is 5.10 Å². The van der Waals surface area contributed by atoms with Crippen molar-refractivity contribution in [3.8, 4) is 0 Å². The van der Waals surface area contributed by atoms with Crippen LogP contribution in [-0.4, -0.2) is 26.3 Å². The molecule has 2 N–H and O–H groups in total. The van der Waals surface area contributed by atoms with E-state index in [0.717, 1.165) is 0 Å². The van der Waals surface area contributed by atoms with Gasteiger partial charge < -0.3 is 5.11 Å². The van der Waals surface area contributed by atoms with Crippen molar-refractivity contribution in [1.29, 1.82) is 0 Å². The summed E-state index contributed by atoms with van der Waals surface area (Å²) in [5.74, 6) is -0.984. The highest BCUT2D eigenvalue weighted by atomic mass is 79.9. The Labute approximate surface area is 87.3 Å². The summed E-state index contributed by atoms with van der Waals surface area (Å²) in [6, 6.07) is 1.47. The van der Waals surface area contributed by atoms with E-state index >= 15 is 0 Å². The standard InChI is InChI=1S/C8H6BrN3O2/c1-3-6-4(8(13)14)2-5(9)10-7(6)12-11-3/h2H,1H3,(H,13,14)(H,10,11,12). The van der Waals surface area contributed by atoms with E-state index in [4.69, 9.17) is 5.11 Å². The normalized spacial score (nSPS) is 10.7. The number of nitrogens with zero attached hydrogens (tertiary/aromatic N) is 2. The van der Waals surface area contributed by atoms with E-state index in [2.05, 4.69) is 31.1 Å². The van der Waals surface area contributed by atoms with Crippen molar-refractivity contribution in [3.63, 3.8) is 0 Å². The molecule has 0 atom stereocenters. The summed E-state index contributed by atoms with van der Waals surface area (Å²) in [7, 11) is 0. The van der Waals surface area contributed by atoms with E-state index in [1.54, 1.807) is 6.92 Å². The molecule has 0 aromatic carbocycles. The molecule has 2 heterocycles. The number of aromatic nitrogens is 3. The molecule has 0 aliphatic carbocycles. The number of aromatic carboxylic acids is 1. The van der Waals surface area contributed by atoms with Crippen molar-refractivity contribution >= 4 is 32.9 Å². The Kier molecular flexibility index (Phi) is 1.99. The molecule has 0 aliphatic heterocycles. The lowest BCUT2D eigenvalue weighted by molar-refractivity contribution is 0.0699. The van der Waals surface area contributed by atoms with Crippen molar-refractivity contribution in [2.75, 3.05) is 0 Å². The lowest BCUT2D eigenvalue weighted by Crippen LogP contribution is -1.98. The third-order valence-electron chi connectivity index (χ3n) is 1.90. The lowest BCUT2D eigenvalue weighted by atomic mass is 10.1. The fourth-order valence-electron chi connectivity index (χ4n) is 1.31. The minimum absolute atomic E-state index is 0.202. The van der Waals surface area contributed by atoms with Crippen LogP contribution in [0.5, 0.6) is 0 Å². The third kappa shape index (κ3) is 1.27. The molecule has 0 amide bonds. The molecule has 0 unspecified atom stereocenters. The fourth-order valence-corrected chi connectivity index (χ4v) is 1.71. The number of nitrogens with one attached hydrogen (secondary N) is 1. The first-order valence-electron chi connectivity index (χ1n) is 3.84. The predicted octanol–water partition coefficient (Wildman–Crippen LogP) is 1.73. The molecule has 14 heavy (non-hydrogen) atoms. The molecule has 72 valence electrons. The SMILES string of the molecule is Cc1[nH]nc2nc(Br)cc(C(=O)O)c12. The largest absolute Gasteiger partial charge is 0.478 e. The highest BCUT2D eigenvalue weighted by Gasteiger charge is 2.14. The molecular weight excluding hydrogens is 250 g/mol. The lowest BCUT2D eigenvalue weighted by Gasteiger charge is -1.97. The maximum Gasteiger partial charge on any atom is 0.336 e. The van der Waals surface area contributed by atoms with Gasteiger partial charge in [-0.1, -0.05) is 0 Å². The molecule has 2 aromatic heterocycles. The molecule has 0 radical (unpaired) electrons. The molecule has 0 spiro atoms. The van der Waals surface area contributed by atoms with Gasteiger partial charge in [0, 0.05) is 5.69 Å². The van der Waals surface area contributed by atoms with Gasteiger partial charge in [-0.05, 0) is 28.9 Å². The predicted molar refractivity (Wildman–Crippen MR) is 53.3 cm³/mol. The van der Waals surface area contributed by atoms with Gasteiger partial charge in [-0.15, -0.1) is 0 Å². The number of halogens is 1. The van der Waals surface area contributed by atoms with Crippen LogP contribution < -0.4 is 0 Å². The molecular formula is C8H6BrN3O2. The number of hydrogen-bond donors (Lipinski definition) is 2. The number of aromatic amines is 1. The zero-order valence-electron chi connectivity index (χ0n) is 7.21. The van der Waals surface area contributed by atoms with Crippen LogP contribution >= 0.6 is 15.9 Å². The Hall–Kier alpha value is -1.43. The van der Waals surface area contributed by atoms with Gasteiger partial charge in [-0.25, -0.2) is 9.78 Å². The summed E-state index contributed by atoms with van der Waals surface area (Å²) in [5, 5.41) is 16.1. The Morgan fingerprint density at radius 1 is 1.64 bits per heavy atom. The minimum Gasteiger partial charge on any atom is -0.478 e. The summed E-state index contributed by atoms with van der Waals surface area (Å²) in [6.45, 7) is 1.76. The van der Waals surface area contributed by atoms with Gasteiger partial charge in [0.05, 0.1) is 10.9 Å². The topological polar surface area (TPSA) is 78.9 Å². The second kappa shape index (κ2) is 3.06. The van der Waals surface area contributed by atoms with Crippen molar-refractivity contribution < 1.29 is 9.90 Å². The van der Waals surface area contributed by atoms with E-state index in [1.807, 2.05) is 0 Å². The zero-order valence-corrected chi connectivity index (χ0v) is 8.79. The number of carboxylic acids is 1. The molecule has 0 aliphatic rings. The number of fused-ring (bicyclic) bond motifs is 1. The number of aryl methyl sites for hydroxylation is 1. The first-order chi connectivity index (χ1) is 6.59. The Balaban J connectivity index is 2.90. The number of pyridine rings is 1. The van der Waals surface area contributed by atoms with Gasteiger partial charge in [0.2, 0.25) is 0 Å². The van der Waals surface area contributed by atoms with Crippen LogP contribution in [0.3, 0.4) is 0 Å². The first kappa shape index (κ1) is 9.14. The highest BCUT2D eigenvalue weighted by molar-refractivity contribution is 9.10. The molecule has 0 saturated carbocycles. The maximum absolute atomic E-state index is 10.9. The van der Waals surface area contributed by atoms with E-state index < -0.39 is 5.97 Å². The molecule has 6 heteroatoms. The number of H-pyrrole nitrogens is 1. The number of carbonyl (C=O) groups is 1. The van der Waals surface area contributed by atoms with Gasteiger partial charge >= 0.3 is 5.97 Å². The van der Waals surface area contributed by atoms with Crippen LogP contribution in [0.25, 0.3) is 11.0 Å².